The number of fused-ring (bicyclic) bond motifs is 1. The zero-order valence-corrected chi connectivity index (χ0v) is 13.7. The molecule has 0 aliphatic carbocycles. The molecule has 21 heavy (non-hydrogen) atoms. The van der Waals surface area contributed by atoms with Crippen molar-refractivity contribution in [3.05, 3.63) is 58.1 Å². The highest BCUT2D eigenvalue weighted by Crippen LogP contribution is 2.27. The highest BCUT2D eigenvalue weighted by molar-refractivity contribution is 9.10. The van der Waals surface area contributed by atoms with Gasteiger partial charge in [0.1, 0.15) is 0 Å². The Kier molecular flexibility index (Phi) is 3.77. The molecular weight excluding hydrogens is 352 g/mol. The van der Waals surface area contributed by atoms with Crippen molar-refractivity contribution in [2.45, 2.75) is 17.9 Å². The van der Waals surface area contributed by atoms with Crippen molar-refractivity contribution >= 4 is 31.6 Å². The molecule has 1 heterocycles. The summed E-state index contributed by atoms with van der Waals surface area (Å²) in [6.45, 7) is 0.862. The first-order valence-electron chi connectivity index (χ1n) is 6.60. The summed E-state index contributed by atoms with van der Waals surface area (Å²) < 4.78 is 27.7. The smallest absolute Gasteiger partial charge is 0.243 e. The fourth-order valence-electron chi connectivity index (χ4n) is 2.53. The summed E-state index contributed by atoms with van der Waals surface area (Å²) in [4.78, 5) is 0.309. The third kappa shape index (κ3) is 2.84. The molecule has 1 aliphatic rings. The maximum Gasteiger partial charge on any atom is 0.243 e. The van der Waals surface area contributed by atoms with Crippen LogP contribution in [0.4, 0.5) is 5.69 Å². The van der Waals surface area contributed by atoms with Crippen molar-refractivity contribution < 1.29 is 8.42 Å². The van der Waals surface area contributed by atoms with Crippen LogP contribution in [0.25, 0.3) is 0 Å². The Labute approximate surface area is 132 Å². The lowest BCUT2D eigenvalue weighted by Crippen LogP contribution is -2.36. The van der Waals surface area contributed by atoms with Gasteiger partial charge in [0.2, 0.25) is 10.0 Å². The summed E-state index contributed by atoms with van der Waals surface area (Å²) in [5, 5.41) is 0. The standard InChI is InChI=1S/C15H15BrN2O2S/c16-13-2-1-3-15(9-13)21(19,20)18-7-6-11-4-5-14(17)8-12(11)10-18/h1-5,8-9H,6-7,10,17H2. The van der Waals surface area contributed by atoms with E-state index >= 15 is 0 Å². The first-order valence-corrected chi connectivity index (χ1v) is 8.83. The Morgan fingerprint density at radius 1 is 1.10 bits per heavy atom. The van der Waals surface area contributed by atoms with Crippen LogP contribution < -0.4 is 5.73 Å². The van der Waals surface area contributed by atoms with E-state index in [1.165, 1.54) is 9.87 Å². The van der Waals surface area contributed by atoms with Crippen LogP contribution in [-0.2, 0) is 23.0 Å². The van der Waals surface area contributed by atoms with E-state index in [-0.39, 0.29) is 0 Å². The molecule has 0 saturated heterocycles. The molecule has 0 fully saturated rings. The molecule has 0 atom stereocenters. The van der Waals surface area contributed by atoms with Crippen LogP contribution in [0, 0.1) is 0 Å². The summed E-state index contributed by atoms with van der Waals surface area (Å²) in [6, 6.07) is 12.5. The molecule has 0 spiro atoms. The molecule has 1 aliphatic heterocycles. The summed E-state index contributed by atoms with van der Waals surface area (Å²) in [5.41, 5.74) is 8.61. The summed E-state index contributed by atoms with van der Waals surface area (Å²) in [7, 11) is -3.48. The third-order valence-corrected chi connectivity index (χ3v) is 5.98. The molecule has 0 bridgehead atoms. The van der Waals surface area contributed by atoms with Crippen LogP contribution >= 0.6 is 15.9 Å². The van der Waals surface area contributed by atoms with Crippen molar-refractivity contribution in [1.29, 1.82) is 0 Å². The molecule has 3 rings (SSSR count). The van der Waals surface area contributed by atoms with Gasteiger partial charge in [-0.05, 0) is 47.9 Å². The molecule has 2 aromatic carbocycles. The van der Waals surface area contributed by atoms with Gasteiger partial charge in [0, 0.05) is 23.2 Å². The fraction of sp³-hybridized carbons (Fsp3) is 0.200. The summed E-state index contributed by atoms with van der Waals surface area (Å²) in [6.07, 6.45) is 0.711. The second kappa shape index (κ2) is 5.44. The Bertz CT molecular complexity index is 790. The number of nitrogens with zero attached hydrogens (tertiary/aromatic N) is 1. The van der Waals surface area contributed by atoms with Crippen LogP contribution in [0.3, 0.4) is 0 Å². The highest BCUT2D eigenvalue weighted by Gasteiger charge is 2.28. The number of nitrogen functional groups attached to an aromatic ring is 1. The van der Waals surface area contributed by atoms with Crippen molar-refractivity contribution in [2.75, 3.05) is 12.3 Å². The van der Waals surface area contributed by atoms with Crippen LogP contribution in [0.15, 0.2) is 51.8 Å². The predicted octanol–water partition coefficient (Wildman–Crippen LogP) is 2.78. The summed E-state index contributed by atoms with van der Waals surface area (Å²) >= 11 is 3.31. The second-order valence-electron chi connectivity index (χ2n) is 5.07. The Balaban J connectivity index is 1.95. The van der Waals surface area contributed by atoms with E-state index in [1.807, 2.05) is 24.3 Å². The van der Waals surface area contributed by atoms with Gasteiger partial charge in [0.15, 0.2) is 0 Å². The number of anilines is 1. The van der Waals surface area contributed by atoms with Gasteiger partial charge in [-0.1, -0.05) is 28.1 Å². The lowest BCUT2D eigenvalue weighted by atomic mass is 10.0. The number of halogens is 1. The molecule has 6 heteroatoms. The quantitative estimate of drug-likeness (QED) is 0.831. The van der Waals surface area contributed by atoms with E-state index in [0.29, 0.717) is 30.1 Å². The van der Waals surface area contributed by atoms with Crippen LogP contribution in [-0.4, -0.2) is 19.3 Å². The number of nitrogens with two attached hydrogens (primary N) is 1. The van der Waals surface area contributed by atoms with Crippen LogP contribution in [0.1, 0.15) is 11.1 Å². The van der Waals surface area contributed by atoms with E-state index in [0.717, 1.165) is 10.0 Å². The van der Waals surface area contributed by atoms with Crippen molar-refractivity contribution in [3.8, 4) is 0 Å². The van der Waals surface area contributed by atoms with Crippen LogP contribution in [0.5, 0.6) is 0 Å². The van der Waals surface area contributed by atoms with E-state index in [2.05, 4.69) is 15.9 Å². The topological polar surface area (TPSA) is 63.4 Å². The summed E-state index contributed by atoms with van der Waals surface area (Å²) in [5.74, 6) is 0. The minimum Gasteiger partial charge on any atom is -0.399 e. The van der Waals surface area contributed by atoms with Gasteiger partial charge in [0.05, 0.1) is 4.90 Å². The van der Waals surface area contributed by atoms with Gasteiger partial charge in [-0.25, -0.2) is 8.42 Å². The Morgan fingerprint density at radius 2 is 1.90 bits per heavy atom. The first-order chi connectivity index (χ1) is 9.96. The minimum atomic E-state index is -3.48. The van der Waals surface area contributed by atoms with E-state index in [4.69, 9.17) is 5.73 Å². The molecular formula is C15H15BrN2O2S. The van der Waals surface area contributed by atoms with Gasteiger partial charge < -0.3 is 5.73 Å². The van der Waals surface area contributed by atoms with Crippen molar-refractivity contribution in [2.24, 2.45) is 0 Å². The lowest BCUT2D eigenvalue weighted by Gasteiger charge is -2.28. The molecule has 0 radical (unpaired) electrons. The number of hydrogen-bond donors (Lipinski definition) is 1. The average Bonchev–Trinajstić information content (AvgIpc) is 2.46. The molecule has 110 valence electrons. The Hall–Kier alpha value is -1.37. The zero-order valence-electron chi connectivity index (χ0n) is 11.3. The van der Waals surface area contributed by atoms with E-state index in [1.54, 1.807) is 18.2 Å². The normalized spacial score (nSPS) is 15.7. The largest absolute Gasteiger partial charge is 0.399 e. The molecule has 0 amide bonds. The molecule has 2 aromatic rings. The van der Waals surface area contributed by atoms with Crippen molar-refractivity contribution in [3.63, 3.8) is 0 Å². The number of benzene rings is 2. The monoisotopic (exact) mass is 366 g/mol. The molecule has 0 saturated carbocycles. The van der Waals surface area contributed by atoms with Gasteiger partial charge in [-0.3, -0.25) is 0 Å². The third-order valence-electron chi connectivity index (χ3n) is 3.64. The molecule has 2 N–H and O–H groups in total. The number of rotatable bonds is 2. The maximum absolute atomic E-state index is 12.7. The number of hydrogen-bond acceptors (Lipinski definition) is 3. The van der Waals surface area contributed by atoms with E-state index in [9.17, 15) is 8.42 Å². The van der Waals surface area contributed by atoms with Gasteiger partial charge in [0.25, 0.3) is 0 Å². The van der Waals surface area contributed by atoms with Gasteiger partial charge in [-0.2, -0.15) is 4.31 Å². The SMILES string of the molecule is Nc1ccc2c(c1)CN(S(=O)(=O)c1cccc(Br)c1)CC2. The molecule has 0 unspecified atom stereocenters. The Morgan fingerprint density at radius 3 is 2.67 bits per heavy atom. The molecule has 4 nitrogen and oxygen atoms in total. The minimum absolute atomic E-state index is 0.309. The average molecular weight is 367 g/mol. The fourth-order valence-corrected chi connectivity index (χ4v) is 4.55. The maximum atomic E-state index is 12.7. The predicted molar refractivity (Wildman–Crippen MR) is 86.3 cm³/mol. The second-order valence-corrected chi connectivity index (χ2v) is 7.93. The molecule has 0 aromatic heterocycles. The first kappa shape index (κ1) is 14.6. The number of sulfonamides is 1. The van der Waals surface area contributed by atoms with E-state index < -0.39 is 10.0 Å². The highest BCUT2D eigenvalue weighted by atomic mass is 79.9. The van der Waals surface area contributed by atoms with Gasteiger partial charge in [-0.15, -0.1) is 0 Å². The van der Waals surface area contributed by atoms with Crippen molar-refractivity contribution in [1.82, 2.24) is 4.31 Å². The van der Waals surface area contributed by atoms with Gasteiger partial charge >= 0.3 is 0 Å². The van der Waals surface area contributed by atoms with Crippen LogP contribution in [0.2, 0.25) is 0 Å². The zero-order chi connectivity index (χ0) is 15.0. The lowest BCUT2D eigenvalue weighted by molar-refractivity contribution is 0.391.